The third kappa shape index (κ3) is 2.57. The molecule has 2 unspecified atom stereocenters. The average Bonchev–Trinajstić information content (AvgIpc) is 2.93. The van der Waals surface area contributed by atoms with Gasteiger partial charge in [0, 0.05) is 18.6 Å². The molecule has 1 saturated heterocycles. The van der Waals surface area contributed by atoms with Crippen LogP contribution in [0.5, 0.6) is 0 Å². The molecule has 3 rings (SSSR count). The lowest BCUT2D eigenvalue weighted by atomic mass is 10.1. The molecule has 5 nitrogen and oxygen atoms in total. The van der Waals surface area contributed by atoms with Gasteiger partial charge in [-0.15, -0.1) is 0 Å². The van der Waals surface area contributed by atoms with Crippen molar-refractivity contribution < 1.29 is 0 Å². The summed E-state index contributed by atoms with van der Waals surface area (Å²) in [5.74, 6) is 0. The van der Waals surface area contributed by atoms with Gasteiger partial charge in [0.15, 0.2) is 0 Å². The highest BCUT2D eigenvalue weighted by Gasteiger charge is 2.21. The molecule has 1 aliphatic rings. The van der Waals surface area contributed by atoms with E-state index in [0.717, 1.165) is 24.1 Å². The number of nitrogens with one attached hydrogen (secondary N) is 3. The summed E-state index contributed by atoms with van der Waals surface area (Å²) >= 11 is 0. The predicted molar refractivity (Wildman–Crippen MR) is 76.4 cm³/mol. The largest absolute Gasteiger partial charge is 0.323 e. The Balaban J connectivity index is 1.77. The lowest BCUT2D eigenvalue weighted by Crippen LogP contribution is -2.33. The molecule has 1 aromatic heterocycles. The summed E-state index contributed by atoms with van der Waals surface area (Å²) in [5, 5.41) is 3.65. The summed E-state index contributed by atoms with van der Waals surface area (Å²) in [5.41, 5.74) is 2.80. The van der Waals surface area contributed by atoms with Gasteiger partial charge in [0.1, 0.15) is 0 Å². The number of imidazole rings is 1. The number of hydrogen-bond donors (Lipinski definition) is 3. The van der Waals surface area contributed by atoms with E-state index >= 15 is 0 Å². The summed E-state index contributed by atoms with van der Waals surface area (Å²) in [6, 6.07) is 6.92. The van der Waals surface area contributed by atoms with E-state index in [1.165, 1.54) is 12.0 Å². The predicted octanol–water partition coefficient (Wildman–Crippen LogP) is 1.21. The van der Waals surface area contributed by atoms with E-state index in [4.69, 9.17) is 0 Å². The minimum Gasteiger partial charge on any atom is -0.306 e. The molecule has 102 valence electrons. The first-order valence-electron chi connectivity index (χ1n) is 6.78. The first kappa shape index (κ1) is 12.4. The van der Waals surface area contributed by atoms with Crippen molar-refractivity contribution in [3.8, 4) is 0 Å². The summed E-state index contributed by atoms with van der Waals surface area (Å²) in [6.45, 7) is 4.44. The zero-order chi connectivity index (χ0) is 13.4. The normalized spacial score (nSPS) is 22.1. The van der Waals surface area contributed by atoms with Gasteiger partial charge in [-0.1, -0.05) is 6.07 Å². The van der Waals surface area contributed by atoms with Gasteiger partial charge in [-0.3, -0.25) is 0 Å². The van der Waals surface area contributed by atoms with E-state index in [2.05, 4.69) is 40.2 Å². The molecule has 0 aliphatic carbocycles. The first-order chi connectivity index (χ1) is 9.11. The number of H-pyrrole nitrogens is 2. The third-order valence-corrected chi connectivity index (χ3v) is 3.92. The van der Waals surface area contributed by atoms with Crippen LogP contribution < -0.4 is 11.0 Å². The molecule has 5 heteroatoms. The Morgan fingerprint density at radius 2 is 2.16 bits per heavy atom. The lowest BCUT2D eigenvalue weighted by Gasteiger charge is -2.19. The van der Waals surface area contributed by atoms with Crippen molar-refractivity contribution in [2.75, 3.05) is 20.1 Å². The van der Waals surface area contributed by atoms with Crippen molar-refractivity contribution in [3.05, 3.63) is 34.2 Å². The Morgan fingerprint density at radius 1 is 1.37 bits per heavy atom. The van der Waals surface area contributed by atoms with Crippen LogP contribution in [0.25, 0.3) is 11.0 Å². The van der Waals surface area contributed by atoms with Crippen LogP contribution >= 0.6 is 0 Å². The lowest BCUT2D eigenvalue weighted by molar-refractivity contribution is 0.387. The van der Waals surface area contributed by atoms with Gasteiger partial charge in [-0.25, -0.2) is 4.79 Å². The standard InChI is InChI=1S/C14H20N4O/c1-9(15-11-5-6-18(2)8-11)10-3-4-12-13(7-10)17-14(19)16-12/h3-4,7,9,11,15H,5-6,8H2,1-2H3,(H2,16,17,19). The van der Waals surface area contributed by atoms with Gasteiger partial charge in [0.25, 0.3) is 0 Å². The minimum absolute atomic E-state index is 0.148. The molecular weight excluding hydrogens is 240 g/mol. The van der Waals surface area contributed by atoms with Crippen molar-refractivity contribution in [2.24, 2.45) is 0 Å². The van der Waals surface area contributed by atoms with Crippen molar-refractivity contribution in [3.63, 3.8) is 0 Å². The molecular formula is C14H20N4O. The quantitative estimate of drug-likeness (QED) is 0.777. The highest BCUT2D eigenvalue weighted by molar-refractivity contribution is 5.75. The number of benzene rings is 1. The maximum atomic E-state index is 11.3. The van der Waals surface area contributed by atoms with Crippen molar-refractivity contribution in [1.82, 2.24) is 20.2 Å². The second-order valence-corrected chi connectivity index (χ2v) is 5.52. The maximum absolute atomic E-state index is 11.3. The summed E-state index contributed by atoms with van der Waals surface area (Å²) in [7, 11) is 2.16. The zero-order valence-electron chi connectivity index (χ0n) is 11.4. The van der Waals surface area contributed by atoms with Gasteiger partial charge < -0.3 is 20.2 Å². The molecule has 0 bridgehead atoms. The molecule has 19 heavy (non-hydrogen) atoms. The number of fused-ring (bicyclic) bond motifs is 1. The number of likely N-dealkylation sites (tertiary alicyclic amines) is 1. The van der Waals surface area contributed by atoms with Crippen LogP contribution in [-0.4, -0.2) is 41.0 Å². The van der Waals surface area contributed by atoms with E-state index in [1.54, 1.807) is 0 Å². The Morgan fingerprint density at radius 3 is 2.89 bits per heavy atom. The highest BCUT2D eigenvalue weighted by Crippen LogP contribution is 2.19. The molecule has 2 atom stereocenters. The summed E-state index contributed by atoms with van der Waals surface area (Å²) < 4.78 is 0. The Hall–Kier alpha value is -1.59. The van der Waals surface area contributed by atoms with Crippen LogP contribution in [0.15, 0.2) is 23.0 Å². The summed E-state index contributed by atoms with van der Waals surface area (Å²) in [6.07, 6.45) is 1.20. The number of aromatic amines is 2. The second-order valence-electron chi connectivity index (χ2n) is 5.52. The number of rotatable bonds is 3. The highest BCUT2D eigenvalue weighted by atomic mass is 16.1. The van der Waals surface area contributed by atoms with Gasteiger partial charge in [-0.05, 0) is 44.6 Å². The fourth-order valence-electron chi connectivity index (χ4n) is 2.84. The van der Waals surface area contributed by atoms with E-state index in [9.17, 15) is 4.79 Å². The van der Waals surface area contributed by atoms with Crippen LogP contribution in [0.2, 0.25) is 0 Å². The van der Waals surface area contributed by atoms with Gasteiger partial charge in [-0.2, -0.15) is 0 Å². The van der Waals surface area contributed by atoms with Gasteiger partial charge in [0.05, 0.1) is 11.0 Å². The topological polar surface area (TPSA) is 63.9 Å². The smallest absolute Gasteiger partial charge is 0.306 e. The van der Waals surface area contributed by atoms with E-state index < -0.39 is 0 Å². The zero-order valence-corrected chi connectivity index (χ0v) is 11.4. The monoisotopic (exact) mass is 260 g/mol. The molecule has 1 fully saturated rings. The van der Waals surface area contributed by atoms with Crippen molar-refractivity contribution >= 4 is 11.0 Å². The van der Waals surface area contributed by atoms with Crippen molar-refractivity contribution in [1.29, 1.82) is 0 Å². The van der Waals surface area contributed by atoms with Crippen LogP contribution in [0.3, 0.4) is 0 Å². The first-order valence-corrected chi connectivity index (χ1v) is 6.78. The molecule has 1 aromatic carbocycles. The molecule has 0 radical (unpaired) electrons. The van der Waals surface area contributed by atoms with Gasteiger partial charge in [0.2, 0.25) is 0 Å². The van der Waals surface area contributed by atoms with Gasteiger partial charge >= 0.3 is 5.69 Å². The SMILES string of the molecule is CC(NC1CCN(C)C1)c1ccc2[nH]c(=O)[nH]c2c1. The number of hydrogen-bond acceptors (Lipinski definition) is 3. The molecule has 0 spiro atoms. The van der Waals surface area contributed by atoms with E-state index in [1.807, 2.05) is 12.1 Å². The Kier molecular flexibility index (Phi) is 3.16. The average molecular weight is 260 g/mol. The summed E-state index contributed by atoms with van der Waals surface area (Å²) in [4.78, 5) is 19.2. The fraction of sp³-hybridized carbons (Fsp3) is 0.500. The molecule has 2 aromatic rings. The molecule has 3 N–H and O–H groups in total. The fourth-order valence-corrected chi connectivity index (χ4v) is 2.84. The molecule has 0 saturated carbocycles. The molecule has 2 heterocycles. The Bertz CT molecular complexity index is 630. The number of nitrogens with zero attached hydrogens (tertiary/aromatic N) is 1. The van der Waals surface area contributed by atoms with E-state index in [-0.39, 0.29) is 5.69 Å². The van der Waals surface area contributed by atoms with E-state index in [0.29, 0.717) is 12.1 Å². The molecule has 0 amide bonds. The minimum atomic E-state index is -0.148. The van der Waals surface area contributed by atoms with Crippen LogP contribution in [0.1, 0.15) is 24.9 Å². The van der Waals surface area contributed by atoms with Crippen LogP contribution in [0, 0.1) is 0 Å². The second kappa shape index (κ2) is 4.83. The number of likely N-dealkylation sites (N-methyl/N-ethyl adjacent to an activating group) is 1. The van der Waals surface area contributed by atoms with Crippen LogP contribution in [0.4, 0.5) is 0 Å². The number of aromatic nitrogens is 2. The van der Waals surface area contributed by atoms with Crippen molar-refractivity contribution in [2.45, 2.75) is 25.4 Å². The molecule has 1 aliphatic heterocycles. The maximum Gasteiger partial charge on any atom is 0.323 e. The third-order valence-electron chi connectivity index (χ3n) is 3.92. The Labute approximate surface area is 112 Å². The van der Waals surface area contributed by atoms with Crippen LogP contribution in [-0.2, 0) is 0 Å².